The van der Waals surface area contributed by atoms with Gasteiger partial charge in [0.05, 0.1) is 5.60 Å². The van der Waals surface area contributed by atoms with E-state index in [-0.39, 0.29) is 0 Å². The Kier molecular flexibility index (Phi) is 3.58. The van der Waals surface area contributed by atoms with Gasteiger partial charge in [0.15, 0.2) is 0 Å². The summed E-state index contributed by atoms with van der Waals surface area (Å²) in [7, 11) is 0. The van der Waals surface area contributed by atoms with Crippen LogP contribution in [0.1, 0.15) is 55.2 Å². The van der Waals surface area contributed by atoms with Crippen molar-refractivity contribution < 1.29 is 5.11 Å². The number of piperidine rings is 1. The van der Waals surface area contributed by atoms with Crippen molar-refractivity contribution in [3.05, 3.63) is 34.9 Å². The lowest BCUT2D eigenvalue weighted by Crippen LogP contribution is -2.48. The lowest BCUT2D eigenvalue weighted by atomic mass is 9.80. The highest BCUT2D eigenvalue weighted by Crippen LogP contribution is 2.48. The van der Waals surface area contributed by atoms with Crippen molar-refractivity contribution in [2.24, 2.45) is 11.8 Å². The Bertz CT molecular complexity index is 559. The van der Waals surface area contributed by atoms with E-state index in [4.69, 9.17) is 0 Å². The molecule has 1 aromatic rings. The second-order valence-electron chi connectivity index (χ2n) is 8.13. The molecule has 22 heavy (non-hydrogen) atoms. The Hall–Kier alpha value is -0.860. The molecule has 1 aliphatic heterocycles. The highest BCUT2D eigenvalue weighted by Gasteiger charge is 2.45. The van der Waals surface area contributed by atoms with Gasteiger partial charge in [-0.1, -0.05) is 30.2 Å². The van der Waals surface area contributed by atoms with Gasteiger partial charge in [0, 0.05) is 19.1 Å². The molecule has 3 unspecified atom stereocenters. The van der Waals surface area contributed by atoms with Crippen molar-refractivity contribution in [3.63, 3.8) is 0 Å². The molecule has 2 aliphatic carbocycles. The quantitative estimate of drug-likeness (QED) is 0.898. The third-order valence-electron chi connectivity index (χ3n) is 6.69. The molecule has 1 heterocycles. The third-order valence-corrected chi connectivity index (χ3v) is 6.69. The molecule has 120 valence electrons. The van der Waals surface area contributed by atoms with Crippen molar-refractivity contribution in [2.45, 2.75) is 64.0 Å². The summed E-state index contributed by atoms with van der Waals surface area (Å²) in [5, 5.41) is 11.2. The fraction of sp³-hybridized carbons (Fsp3) is 0.700. The van der Waals surface area contributed by atoms with Gasteiger partial charge in [0.25, 0.3) is 0 Å². The van der Waals surface area contributed by atoms with Crippen molar-refractivity contribution in [2.75, 3.05) is 13.1 Å². The molecule has 3 atom stereocenters. The highest BCUT2D eigenvalue weighted by atomic mass is 16.3. The molecule has 4 rings (SSSR count). The summed E-state index contributed by atoms with van der Waals surface area (Å²) >= 11 is 0. The summed E-state index contributed by atoms with van der Waals surface area (Å²) in [6, 6.07) is 7.32. The van der Waals surface area contributed by atoms with Gasteiger partial charge in [-0.15, -0.1) is 0 Å². The maximum atomic E-state index is 11.2. The number of aliphatic hydroxyl groups is 1. The number of aryl methyl sites for hydroxylation is 2. The predicted octanol–water partition coefficient (Wildman–Crippen LogP) is 3.78. The Morgan fingerprint density at radius 2 is 1.86 bits per heavy atom. The Morgan fingerprint density at radius 3 is 2.50 bits per heavy atom. The third kappa shape index (κ3) is 2.41. The monoisotopic (exact) mass is 299 g/mol. The molecule has 0 amide bonds. The first-order valence-electron chi connectivity index (χ1n) is 9.09. The van der Waals surface area contributed by atoms with Crippen LogP contribution in [0.25, 0.3) is 0 Å². The number of rotatable bonds is 2. The lowest BCUT2D eigenvalue weighted by Gasteiger charge is -2.43. The summed E-state index contributed by atoms with van der Waals surface area (Å²) < 4.78 is 0. The first kappa shape index (κ1) is 14.7. The minimum atomic E-state index is -0.607. The molecular formula is C20H29NO. The van der Waals surface area contributed by atoms with Crippen molar-refractivity contribution in [3.8, 4) is 0 Å². The second-order valence-corrected chi connectivity index (χ2v) is 8.13. The average Bonchev–Trinajstić information content (AvgIpc) is 3.13. The molecule has 1 saturated heterocycles. The van der Waals surface area contributed by atoms with E-state index in [9.17, 15) is 5.11 Å². The molecule has 2 nitrogen and oxygen atoms in total. The number of benzene rings is 1. The van der Waals surface area contributed by atoms with Crippen molar-refractivity contribution in [1.29, 1.82) is 0 Å². The zero-order valence-electron chi connectivity index (χ0n) is 14.0. The molecule has 1 aromatic carbocycles. The smallest absolute Gasteiger partial charge is 0.0923 e. The van der Waals surface area contributed by atoms with Crippen LogP contribution < -0.4 is 0 Å². The fourth-order valence-electron chi connectivity index (χ4n) is 5.39. The average molecular weight is 299 g/mol. The van der Waals surface area contributed by atoms with Crippen LogP contribution in [0, 0.1) is 25.7 Å². The van der Waals surface area contributed by atoms with Crippen molar-refractivity contribution in [1.82, 2.24) is 4.90 Å². The van der Waals surface area contributed by atoms with Crippen LogP contribution in [0.5, 0.6) is 0 Å². The van der Waals surface area contributed by atoms with Crippen LogP contribution in [0.3, 0.4) is 0 Å². The number of hydrogen-bond donors (Lipinski definition) is 1. The van der Waals surface area contributed by atoms with Gasteiger partial charge in [-0.2, -0.15) is 0 Å². The molecule has 2 saturated carbocycles. The van der Waals surface area contributed by atoms with Gasteiger partial charge < -0.3 is 5.11 Å². The zero-order valence-corrected chi connectivity index (χ0v) is 14.0. The van der Waals surface area contributed by atoms with E-state index in [1.165, 1.54) is 42.4 Å². The largest absolute Gasteiger partial charge is 0.385 e. The fourth-order valence-corrected chi connectivity index (χ4v) is 5.39. The van der Waals surface area contributed by atoms with E-state index >= 15 is 0 Å². The summed E-state index contributed by atoms with van der Waals surface area (Å²) in [4.78, 5) is 2.70. The lowest BCUT2D eigenvalue weighted by molar-refractivity contribution is -0.0417. The standard InChI is InChI=1S/C20H29NO/c1-14-3-4-15(2)18(11-14)20(22)7-9-21(10-8-20)19-13-16-5-6-17(19)12-16/h3-4,11,16-17,19,22H,5-10,12-13H2,1-2H3. The van der Waals surface area contributed by atoms with E-state index < -0.39 is 5.60 Å². The summed E-state index contributed by atoms with van der Waals surface area (Å²) in [6.07, 6.45) is 7.61. The molecule has 3 aliphatic rings. The minimum absolute atomic E-state index is 0.607. The van der Waals surface area contributed by atoms with Crippen LogP contribution in [-0.4, -0.2) is 29.1 Å². The van der Waals surface area contributed by atoms with Crippen LogP contribution in [0.4, 0.5) is 0 Å². The Balaban J connectivity index is 1.47. The zero-order chi connectivity index (χ0) is 15.3. The molecule has 0 spiro atoms. The van der Waals surface area contributed by atoms with Gasteiger partial charge in [-0.05, 0) is 68.9 Å². The number of likely N-dealkylation sites (tertiary alicyclic amines) is 1. The van der Waals surface area contributed by atoms with Crippen LogP contribution >= 0.6 is 0 Å². The van der Waals surface area contributed by atoms with E-state index in [0.29, 0.717) is 0 Å². The molecule has 3 fully saturated rings. The van der Waals surface area contributed by atoms with E-state index in [1.54, 1.807) is 0 Å². The Morgan fingerprint density at radius 1 is 1.09 bits per heavy atom. The molecule has 2 bridgehead atoms. The molecule has 0 aromatic heterocycles. The molecule has 0 radical (unpaired) electrons. The molecule has 1 N–H and O–H groups in total. The van der Waals surface area contributed by atoms with E-state index in [0.717, 1.165) is 43.8 Å². The normalized spacial score (nSPS) is 34.2. The number of nitrogens with zero attached hydrogens (tertiary/aromatic N) is 1. The van der Waals surface area contributed by atoms with E-state index in [1.807, 2.05) is 0 Å². The second kappa shape index (κ2) is 5.35. The maximum Gasteiger partial charge on any atom is 0.0923 e. The van der Waals surface area contributed by atoms with Gasteiger partial charge in [-0.25, -0.2) is 0 Å². The van der Waals surface area contributed by atoms with Crippen LogP contribution in [0.2, 0.25) is 0 Å². The SMILES string of the molecule is Cc1ccc(C)c(C2(O)CCN(C3CC4CCC3C4)CC2)c1. The van der Waals surface area contributed by atoms with Gasteiger partial charge >= 0.3 is 0 Å². The highest BCUT2D eigenvalue weighted by molar-refractivity contribution is 5.35. The maximum absolute atomic E-state index is 11.2. The first-order valence-corrected chi connectivity index (χ1v) is 9.09. The predicted molar refractivity (Wildman–Crippen MR) is 89.9 cm³/mol. The number of fused-ring (bicyclic) bond motifs is 2. The molecule has 2 heteroatoms. The first-order chi connectivity index (χ1) is 10.5. The van der Waals surface area contributed by atoms with E-state index in [2.05, 4.69) is 36.9 Å². The van der Waals surface area contributed by atoms with Gasteiger partial charge in [-0.3, -0.25) is 4.90 Å². The number of hydrogen-bond acceptors (Lipinski definition) is 2. The van der Waals surface area contributed by atoms with Gasteiger partial charge in [0.2, 0.25) is 0 Å². The topological polar surface area (TPSA) is 23.5 Å². The van der Waals surface area contributed by atoms with Gasteiger partial charge in [0.1, 0.15) is 0 Å². The van der Waals surface area contributed by atoms with Crippen LogP contribution in [0.15, 0.2) is 18.2 Å². The van der Waals surface area contributed by atoms with Crippen molar-refractivity contribution >= 4 is 0 Å². The summed E-state index contributed by atoms with van der Waals surface area (Å²) in [6.45, 7) is 6.39. The summed E-state index contributed by atoms with van der Waals surface area (Å²) in [5.41, 5.74) is 3.05. The minimum Gasteiger partial charge on any atom is -0.385 e. The summed E-state index contributed by atoms with van der Waals surface area (Å²) in [5.74, 6) is 1.96. The Labute approximate surface area is 134 Å². The molecular weight excluding hydrogens is 270 g/mol. The van der Waals surface area contributed by atoms with Crippen LogP contribution in [-0.2, 0) is 5.60 Å².